The van der Waals surface area contributed by atoms with Crippen LogP contribution in [0, 0.1) is 0 Å². The SMILES string of the molecule is CN1C(=O)c2cccc3cccc(c23)[S+]1c1ccccc1CO. The summed E-state index contributed by atoms with van der Waals surface area (Å²) in [6, 6.07) is 19.8. The molecule has 0 saturated carbocycles. The second-order valence-corrected chi connectivity index (χ2v) is 7.51. The Bertz CT molecular complexity index is 917. The van der Waals surface area contributed by atoms with Crippen LogP contribution in [0.2, 0.25) is 0 Å². The van der Waals surface area contributed by atoms with E-state index >= 15 is 0 Å². The first-order valence-corrected chi connectivity index (χ1v) is 8.63. The summed E-state index contributed by atoms with van der Waals surface area (Å²) in [5.41, 5.74) is 1.62. The molecule has 4 heteroatoms. The molecular weight excluding hydrogens is 306 g/mol. The van der Waals surface area contributed by atoms with Crippen LogP contribution < -0.4 is 0 Å². The molecule has 1 amide bonds. The standard InChI is InChI=1S/C19H16NO2S/c1-20-19(22)15-9-4-7-13-8-5-11-17(18(13)15)23(20)16-10-3-2-6-14(16)12-21/h2-11,21H,12H2,1H3/q+1. The lowest BCUT2D eigenvalue weighted by Gasteiger charge is -2.25. The summed E-state index contributed by atoms with van der Waals surface area (Å²) in [6.07, 6.45) is 0. The molecule has 1 atom stereocenters. The van der Waals surface area contributed by atoms with Crippen LogP contribution in [0.15, 0.2) is 70.5 Å². The van der Waals surface area contributed by atoms with Gasteiger partial charge in [0.1, 0.15) is 0 Å². The molecule has 0 bridgehead atoms. The lowest BCUT2D eigenvalue weighted by molar-refractivity contribution is 0.0888. The minimum absolute atomic E-state index is 0.0284. The minimum atomic E-state index is -0.519. The molecule has 1 unspecified atom stereocenters. The van der Waals surface area contributed by atoms with Crippen molar-refractivity contribution in [2.75, 3.05) is 7.05 Å². The van der Waals surface area contributed by atoms with E-state index in [9.17, 15) is 9.90 Å². The molecule has 0 saturated heterocycles. The van der Waals surface area contributed by atoms with Crippen LogP contribution in [0.4, 0.5) is 0 Å². The lowest BCUT2D eigenvalue weighted by atomic mass is 10.0. The van der Waals surface area contributed by atoms with E-state index in [0.29, 0.717) is 0 Å². The van der Waals surface area contributed by atoms with Gasteiger partial charge in [0, 0.05) is 5.56 Å². The number of hydrogen-bond donors (Lipinski definition) is 1. The molecule has 1 aliphatic rings. The van der Waals surface area contributed by atoms with Crippen molar-refractivity contribution in [3.8, 4) is 0 Å². The maximum absolute atomic E-state index is 12.9. The molecule has 0 aromatic heterocycles. The summed E-state index contributed by atoms with van der Waals surface area (Å²) in [5, 5.41) is 11.8. The van der Waals surface area contributed by atoms with Gasteiger partial charge >= 0.3 is 0 Å². The Labute approximate surface area is 137 Å². The van der Waals surface area contributed by atoms with Crippen molar-refractivity contribution in [3.05, 3.63) is 71.8 Å². The monoisotopic (exact) mass is 322 g/mol. The van der Waals surface area contributed by atoms with Crippen molar-refractivity contribution in [1.82, 2.24) is 4.31 Å². The zero-order valence-corrected chi connectivity index (χ0v) is 13.5. The van der Waals surface area contributed by atoms with Crippen molar-refractivity contribution >= 4 is 27.8 Å². The van der Waals surface area contributed by atoms with Crippen LogP contribution in [0.1, 0.15) is 15.9 Å². The molecule has 1 N–H and O–H groups in total. The molecular formula is C19H16NO2S+. The number of carbonyl (C=O) groups excluding carboxylic acids is 1. The van der Waals surface area contributed by atoms with Gasteiger partial charge in [-0.15, -0.1) is 4.31 Å². The van der Waals surface area contributed by atoms with E-state index < -0.39 is 11.1 Å². The molecule has 23 heavy (non-hydrogen) atoms. The molecule has 0 fully saturated rings. The predicted octanol–water partition coefficient (Wildman–Crippen LogP) is 3.37. The van der Waals surface area contributed by atoms with Crippen molar-refractivity contribution in [2.24, 2.45) is 0 Å². The number of hydrogen-bond acceptors (Lipinski definition) is 2. The van der Waals surface area contributed by atoms with E-state index in [0.717, 1.165) is 31.7 Å². The maximum Gasteiger partial charge on any atom is 0.296 e. The van der Waals surface area contributed by atoms with Crippen molar-refractivity contribution < 1.29 is 9.90 Å². The number of carbonyl (C=O) groups is 1. The van der Waals surface area contributed by atoms with E-state index in [1.54, 1.807) is 4.31 Å². The quantitative estimate of drug-likeness (QED) is 0.735. The predicted molar refractivity (Wildman–Crippen MR) is 92.3 cm³/mol. The van der Waals surface area contributed by atoms with Crippen LogP contribution in [0.5, 0.6) is 0 Å². The van der Waals surface area contributed by atoms with E-state index in [1.807, 2.05) is 61.6 Å². The summed E-state index contributed by atoms with van der Waals surface area (Å²) in [4.78, 5) is 15.0. The van der Waals surface area contributed by atoms with Gasteiger partial charge in [-0.05, 0) is 23.6 Å². The molecule has 4 rings (SSSR count). The fourth-order valence-electron chi connectivity index (χ4n) is 3.14. The average Bonchev–Trinajstić information content (AvgIpc) is 2.60. The highest BCUT2D eigenvalue weighted by molar-refractivity contribution is 7.95. The maximum atomic E-state index is 12.9. The number of aliphatic hydroxyl groups is 1. The number of amides is 1. The first-order chi connectivity index (χ1) is 11.2. The van der Waals surface area contributed by atoms with Crippen LogP contribution >= 0.6 is 0 Å². The third-order valence-electron chi connectivity index (χ3n) is 4.22. The average molecular weight is 322 g/mol. The largest absolute Gasteiger partial charge is 0.391 e. The van der Waals surface area contributed by atoms with Crippen LogP contribution in [-0.2, 0) is 17.7 Å². The molecule has 114 valence electrons. The number of benzene rings is 3. The Morgan fingerprint density at radius 2 is 1.65 bits per heavy atom. The number of rotatable bonds is 2. The van der Waals surface area contributed by atoms with Crippen molar-refractivity contribution in [2.45, 2.75) is 16.4 Å². The van der Waals surface area contributed by atoms with Crippen molar-refractivity contribution in [1.29, 1.82) is 0 Å². The van der Waals surface area contributed by atoms with E-state index in [1.165, 1.54) is 0 Å². The first kappa shape index (κ1) is 14.3. The number of nitrogens with zero attached hydrogens (tertiary/aromatic N) is 1. The third-order valence-corrected chi connectivity index (χ3v) is 6.50. The Morgan fingerprint density at radius 3 is 2.43 bits per heavy atom. The Morgan fingerprint density at radius 1 is 0.957 bits per heavy atom. The van der Waals surface area contributed by atoms with Crippen molar-refractivity contribution in [3.63, 3.8) is 0 Å². The summed E-state index contributed by atoms with van der Waals surface area (Å²) in [6.45, 7) is -0.0284. The van der Waals surface area contributed by atoms with Gasteiger partial charge in [-0.2, -0.15) is 0 Å². The van der Waals surface area contributed by atoms with Gasteiger partial charge in [0.05, 0.1) is 24.6 Å². The first-order valence-electron chi connectivity index (χ1n) is 7.45. The van der Waals surface area contributed by atoms with Gasteiger partial charge in [0.25, 0.3) is 5.91 Å². The molecule has 0 radical (unpaired) electrons. The third kappa shape index (κ3) is 2.06. The highest BCUT2D eigenvalue weighted by Crippen LogP contribution is 2.39. The smallest absolute Gasteiger partial charge is 0.296 e. The fourth-order valence-corrected chi connectivity index (χ4v) is 5.44. The second kappa shape index (κ2) is 5.41. The molecule has 3 nitrogen and oxygen atoms in total. The van der Waals surface area contributed by atoms with Crippen LogP contribution in [0.25, 0.3) is 10.8 Å². The Balaban J connectivity index is 2.05. The van der Waals surface area contributed by atoms with E-state index in [4.69, 9.17) is 0 Å². The molecule has 0 aliphatic carbocycles. The molecule has 1 heterocycles. The molecule has 3 aromatic rings. The second-order valence-electron chi connectivity index (χ2n) is 5.51. The topological polar surface area (TPSA) is 40.5 Å². The fraction of sp³-hybridized carbons (Fsp3) is 0.105. The molecule has 0 spiro atoms. The molecule has 1 aliphatic heterocycles. The minimum Gasteiger partial charge on any atom is -0.391 e. The van der Waals surface area contributed by atoms with E-state index in [2.05, 4.69) is 6.07 Å². The zero-order chi connectivity index (χ0) is 16.0. The van der Waals surface area contributed by atoms with E-state index in [-0.39, 0.29) is 12.5 Å². The van der Waals surface area contributed by atoms with Crippen LogP contribution in [-0.4, -0.2) is 22.4 Å². The Hall–Kier alpha value is -2.30. The zero-order valence-electron chi connectivity index (χ0n) is 12.7. The van der Waals surface area contributed by atoms with Gasteiger partial charge in [0.2, 0.25) is 0 Å². The highest BCUT2D eigenvalue weighted by atomic mass is 32.2. The summed E-state index contributed by atoms with van der Waals surface area (Å²) < 4.78 is 1.80. The normalized spacial score (nSPS) is 16.9. The van der Waals surface area contributed by atoms with Gasteiger partial charge in [-0.1, -0.05) is 42.5 Å². The number of aliphatic hydroxyl groups excluding tert-OH is 1. The van der Waals surface area contributed by atoms with Crippen LogP contribution in [0.3, 0.4) is 0 Å². The van der Waals surface area contributed by atoms with Gasteiger partial charge < -0.3 is 5.11 Å². The lowest BCUT2D eigenvalue weighted by Crippen LogP contribution is -2.37. The van der Waals surface area contributed by atoms with Gasteiger partial charge in [-0.3, -0.25) is 4.79 Å². The summed E-state index contributed by atoms with van der Waals surface area (Å²) in [7, 11) is 1.84. The summed E-state index contributed by atoms with van der Waals surface area (Å²) in [5.74, 6) is 0.0328. The summed E-state index contributed by atoms with van der Waals surface area (Å²) >= 11 is -0.519. The molecule has 3 aromatic carbocycles. The Kier molecular flexibility index (Phi) is 3.36. The van der Waals surface area contributed by atoms with Gasteiger partial charge in [0.15, 0.2) is 20.9 Å². The van der Waals surface area contributed by atoms with Gasteiger partial charge in [-0.25, -0.2) is 0 Å². The highest BCUT2D eigenvalue weighted by Gasteiger charge is 2.43.